The fourth-order valence-corrected chi connectivity index (χ4v) is 9.23. The van der Waals surface area contributed by atoms with Crippen LogP contribution < -0.4 is 15.0 Å². The highest BCUT2D eigenvalue weighted by Gasteiger charge is 2.55. The zero-order valence-corrected chi connectivity index (χ0v) is 27.5. The Hall–Kier alpha value is -3.47. The largest absolute Gasteiger partial charge is 0.451 e. The molecule has 2 spiro atoms. The molecule has 3 saturated heterocycles. The van der Waals surface area contributed by atoms with Crippen molar-refractivity contribution < 1.29 is 23.5 Å². The molecule has 3 saturated carbocycles. The van der Waals surface area contributed by atoms with Gasteiger partial charge in [-0.05, 0) is 115 Å². The molecule has 2 bridgehead atoms. The maximum absolute atomic E-state index is 14.4. The highest BCUT2D eigenvalue weighted by atomic mass is 19.1. The highest BCUT2D eigenvalue weighted by molar-refractivity contribution is 5.97. The number of likely N-dealkylation sites (tertiary alicyclic amines) is 1. The third-order valence-electron chi connectivity index (χ3n) is 11.5. The second-order valence-corrected chi connectivity index (χ2v) is 15.1. The first-order valence-corrected chi connectivity index (χ1v) is 17.1. The quantitative estimate of drug-likeness (QED) is 0.408. The molecule has 0 radical (unpaired) electrons. The van der Waals surface area contributed by atoms with Crippen molar-refractivity contribution >= 4 is 17.8 Å². The van der Waals surface area contributed by atoms with Crippen molar-refractivity contribution in [2.24, 2.45) is 23.2 Å². The summed E-state index contributed by atoms with van der Waals surface area (Å²) in [7, 11) is 0. The molecule has 8 rings (SSSR count). The van der Waals surface area contributed by atoms with Crippen molar-refractivity contribution in [2.75, 3.05) is 44.2 Å². The number of piperidine rings is 1. The Morgan fingerprint density at radius 1 is 1.15 bits per heavy atom. The summed E-state index contributed by atoms with van der Waals surface area (Å²) in [6.07, 6.45) is 9.93. The van der Waals surface area contributed by atoms with Crippen molar-refractivity contribution in [3.8, 4) is 11.5 Å². The van der Waals surface area contributed by atoms with Crippen molar-refractivity contribution in [2.45, 2.75) is 83.8 Å². The van der Waals surface area contributed by atoms with Crippen molar-refractivity contribution in [1.29, 1.82) is 0 Å². The first-order chi connectivity index (χ1) is 22.0. The predicted molar refractivity (Wildman–Crippen MR) is 171 cm³/mol. The summed E-state index contributed by atoms with van der Waals surface area (Å²) in [5.74, 6) is 2.59. The lowest BCUT2D eigenvalue weighted by atomic mass is 9.56. The Morgan fingerprint density at radius 3 is 2.57 bits per heavy atom. The molecule has 4 atom stereocenters. The van der Waals surface area contributed by atoms with Crippen LogP contribution in [0.15, 0.2) is 30.7 Å². The van der Waals surface area contributed by atoms with Gasteiger partial charge in [-0.1, -0.05) is 0 Å². The number of cyclic esters (lactones) is 1. The van der Waals surface area contributed by atoms with E-state index in [2.05, 4.69) is 25.1 Å². The van der Waals surface area contributed by atoms with Gasteiger partial charge in [0.15, 0.2) is 11.6 Å². The maximum Gasteiger partial charge on any atom is 0.407 e. The number of fused-ring (bicyclic) bond motifs is 2. The summed E-state index contributed by atoms with van der Waals surface area (Å²) in [5.41, 5.74) is 0.330. The third-order valence-corrected chi connectivity index (χ3v) is 11.5. The minimum Gasteiger partial charge on any atom is -0.451 e. The van der Waals surface area contributed by atoms with Crippen LogP contribution in [0, 0.1) is 29.0 Å². The van der Waals surface area contributed by atoms with E-state index in [1.807, 2.05) is 27.7 Å². The number of benzene rings is 1. The average molecular weight is 635 g/mol. The molecule has 248 valence electrons. The zero-order valence-electron chi connectivity index (χ0n) is 27.5. The van der Waals surface area contributed by atoms with Gasteiger partial charge >= 0.3 is 6.09 Å². The molecule has 3 aliphatic carbocycles. The van der Waals surface area contributed by atoms with E-state index in [4.69, 9.17) is 9.47 Å². The van der Waals surface area contributed by atoms with Gasteiger partial charge in [0, 0.05) is 37.1 Å². The number of alkyl carbamates (subject to hydrolysis) is 1. The van der Waals surface area contributed by atoms with Gasteiger partial charge in [0.2, 0.25) is 0 Å². The Labute approximate surface area is 271 Å². The third kappa shape index (κ3) is 5.69. The van der Waals surface area contributed by atoms with Gasteiger partial charge in [0.1, 0.15) is 24.5 Å². The number of halogens is 1. The van der Waals surface area contributed by atoms with E-state index in [0.29, 0.717) is 41.7 Å². The number of hydrogen-bond acceptors (Lipinski definition) is 8. The summed E-state index contributed by atoms with van der Waals surface area (Å²) in [6, 6.07) is 3.98. The molecule has 1 aromatic heterocycles. The molecule has 46 heavy (non-hydrogen) atoms. The van der Waals surface area contributed by atoms with Crippen molar-refractivity contribution in [3.63, 3.8) is 0 Å². The molecule has 2 aromatic rings. The lowest BCUT2D eigenvalue weighted by Crippen LogP contribution is -2.62. The molecule has 1 N–H and O–H groups in total. The molecule has 11 heteroatoms. The fourth-order valence-electron chi connectivity index (χ4n) is 9.23. The predicted octanol–water partition coefficient (Wildman–Crippen LogP) is 5.48. The van der Waals surface area contributed by atoms with E-state index < -0.39 is 5.82 Å². The molecular weight excluding hydrogens is 587 g/mol. The summed E-state index contributed by atoms with van der Waals surface area (Å²) >= 11 is 0. The molecule has 6 fully saturated rings. The van der Waals surface area contributed by atoms with E-state index in [1.165, 1.54) is 43.8 Å². The van der Waals surface area contributed by atoms with Crippen LogP contribution in [0.1, 0.15) is 76.6 Å². The van der Waals surface area contributed by atoms with Crippen LogP contribution in [0.2, 0.25) is 0 Å². The molecule has 1 aromatic carbocycles. The van der Waals surface area contributed by atoms with E-state index in [-0.39, 0.29) is 40.6 Å². The monoisotopic (exact) mass is 634 g/mol. The number of aromatic nitrogens is 2. The van der Waals surface area contributed by atoms with Gasteiger partial charge in [-0.15, -0.1) is 0 Å². The van der Waals surface area contributed by atoms with Gasteiger partial charge in [-0.2, -0.15) is 0 Å². The van der Waals surface area contributed by atoms with Crippen LogP contribution in [-0.4, -0.2) is 88.7 Å². The molecule has 6 aliphatic rings. The SMILES string of the molecule is CC(C)N(C(=O)c1cc(F)ccc1Oc1cncnc1N1CC2(CCN(CC3CC4CCC3CC43COC(=O)N3)CC2)C1)C(C)C. The number of amides is 2. The number of carbonyl (C=O) groups excluding carboxylic acids is 2. The average Bonchev–Trinajstić information content (AvgIpc) is 3.37. The summed E-state index contributed by atoms with van der Waals surface area (Å²) in [5, 5.41) is 3.18. The Kier molecular flexibility index (Phi) is 8.10. The second kappa shape index (κ2) is 12.0. The number of anilines is 1. The van der Waals surface area contributed by atoms with E-state index in [9.17, 15) is 14.0 Å². The van der Waals surface area contributed by atoms with E-state index in [1.54, 1.807) is 11.1 Å². The number of hydrogen-bond donors (Lipinski definition) is 1. The molecule has 4 unspecified atom stereocenters. The number of nitrogens with zero attached hydrogens (tertiary/aromatic N) is 5. The van der Waals surface area contributed by atoms with Gasteiger partial charge in [0.05, 0.1) is 17.3 Å². The lowest BCUT2D eigenvalue weighted by Gasteiger charge is -2.56. The normalized spacial score (nSPS) is 28.5. The summed E-state index contributed by atoms with van der Waals surface area (Å²) in [6.45, 7) is 13.5. The first kappa shape index (κ1) is 31.1. The fraction of sp³-hybridized carbons (Fsp3) is 0.657. The standard InChI is InChI=1S/C35H47FN6O4/c1-22(2)42(23(3)4)32(43)28-14-27(36)7-8-29(28)46-30-16-37-21-38-31(30)41-18-34(19-41)9-11-40(12-10-34)17-25-13-26-6-5-24(25)15-35(26)20-45-33(44)39-35/h7-8,14,16,21-26H,5-6,9-13,15,17-20H2,1-4H3,(H,39,44). The van der Waals surface area contributed by atoms with E-state index in [0.717, 1.165) is 52.0 Å². The summed E-state index contributed by atoms with van der Waals surface area (Å²) in [4.78, 5) is 40.8. The molecule has 4 heterocycles. The first-order valence-electron chi connectivity index (χ1n) is 17.1. The maximum atomic E-state index is 14.4. The molecule has 3 aliphatic heterocycles. The van der Waals surface area contributed by atoms with Crippen LogP contribution in [-0.2, 0) is 4.74 Å². The Balaban J connectivity index is 0.970. The molecule has 10 nitrogen and oxygen atoms in total. The van der Waals surface area contributed by atoms with Crippen LogP contribution in [0.25, 0.3) is 0 Å². The van der Waals surface area contributed by atoms with Crippen molar-refractivity contribution in [1.82, 2.24) is 25.1 Å². The second-order valence-electron chi connectivity index (χ2n) is 15.1. The number of nitrogens with one attached hydrogen (secondary N) is 1. The number of rotatable bonds is 8. The van der Waals surface area contributed by atoms with Crippen LogP contribution >= 0.6 is 0 Å². The number of carbonyl (C=O) groups is 2. The number of ether oxygens (including phenoxy) is 2. The Bertz CT molecular complexity index is 1460. The smallest absolute Gasteiger partial charge is 0.407 e. The lowest BCUT2D eigenvalue weighted by molar-refractivity contribution is -0.0208. The zero-order chi connectivity index (χ0) is 32.2. The van der Waals surface area contributed by atoms with Gasteiger partial charge < -0.3 is 29.5 Å². The Morgan fingerprint density at radius 2 is 1.91 bits per heavy atom. The topological polar surface area (TPSA) is 100 Å². The van der Waals surface area contributed by atoms with Gasteiger partial charge in [0.25, 0.3) is 5.91 Å². The minimum absolute atomic E-state index is 0.0518. The molecular formula is C35H47FN6O4. The van der Waals surface area contributed by atoms with Crippen LogP contribution in [0.3, 0.4) is 0 Å². The van der Waals surface area contributed by atoms with Gasteiger partial charge in [-0.25, -0.2) is 19.2 Å². The van der Waals surface area contributed by atoms with Gasteiger partial charge in [-0.3, -0.25) is 4.79 Å². The highest BCUT2D eigenvalue weighted by Crippen LogP contribution is 2.52. The minimum atomic E-state index is -0.486. The van der Waals surface area contributed by atoms with E-state index >= 15 is 0 Å². The molecule has 2 amide bonds. The van der Waals surface area contributed by atoms with Crippen molar-refractivity contribution in [3.05, 3.63) is 42.1 Å². The van der Waals surface area contributed by atoms with Crippen LogP contribution in [0.4, 0.5) is 15.0 Å². The van der Waals surface area contributed by atoms with Crippen LogP contribution in [0.5, 0.6) is 11.5 Å². The summed E-state index contributed by atoms with van der Waals surface area (Å²) < 4.78 is 26.0.